The van der Waals surface area contributed by atoms with E-state index in [2.05, 4.69) is 0 Å². The number of amides is 1. The number of nitrogens with one attached hydrogen (secondary N) is 1. The summed E-state index contributed by atoms with van der Waals surface area (Å²) >= 11 is 0. The van der Waals surface area contributed by atoms with Crippen molar-refractivity contribution < 1.29 is 13.6 Å². The molecule has 0 aliphatic heterocycles. The predicted molar refractivity (Wildman–Crippen MR) is 70.6 cm³/mol. The summed E-state index contributed by atoms with van der Waals surface area (Å²) in [6, 6.07) is 1.92. The van der Waals surface area contributed by atoms with Crippen LogP contribution >= 0.6 is 0 Å². The molecule has 0 heterocycles. The molecule has 6 heteroatoms. The maximum Gasteiger partial charge on any atom is 0.254 e. The Labute approximate surface area is 111 Å². The second-order valence-electron chi connectivity index (χ2n) is 4.86. The van der Waals surface area contributed by atoms with Crippen molar-refractivity contribution in [2.45, 2.75) is 26.8 Å². The van der Waals surface area contributed by atoms with Gasteiger partial charge in [0.25, 0.3) is 5.91 Å². The lowest BCUT2D eigenvalue weighted by Gasteiger charge is -2.28. The molecule has 4 nitrogen and oxygen atoms in total. The van der Waals surface area contributed by atoms with Gasteiger partial charge < -0.3 is 10.3 Å². The third-order valence-electron chi connectivity index (χ3n) is 3.33. The Balaban J connectivity index is 3.07. The van der Waals surface area contributed by atoms with E-state index in [1.807, 2.05) is 26.2 Å². The first-order chi connectivity index (χ1) is 8.79. The lowest BCUT2D eigenvalue weighted by atomic mass is 10.0. The topological polar surface area (TPSA) is 58.4 Å². The number of hydrogen-bond acceptors (Lipinski definition) is 3. The third kappa shape index (κ3) is 3.20. The van der Waals surface area contributed by atoms with Gasteiger partial charge in [0.1, 0.15) is 5.69 Å². The van der Waals surface area contributed by atoms with Crippen LogP contribution in [0.5, 0.6) is 0 Å². The third-order valence-corrected chi connectivity index (χ3v) is 3.33. The van der Waals surface area contributed by atoms with E-state index in [0.717, 1.165) is 12.1 Å². The summed E-state index contributed by atoms with van der Waals surface area (Å²) in [5, 5.41) is 0. The van der Waals surface area contributed by atoms with Crippen molar-refractivity contribution in [1.29, 1.82) is 0 Å². The van der Waals surface area contributed by atoms with Gasteiger partial charge in [0.15, 0.2) is 11.6 Å². The number of anilines is 1. The molecule has 1 aromatic rings. The van der Waals surface area contributed by atoms with Crippen molar-refractivity contribution in [3.8, 4) is 0 Å². The molecule has 1 atom stereocenters. The quantitative estimate of drug-likeness (QED) is 0.653. The Morgan fingerprint density at radius 1 is 1.26 bits per heavy atom. The van der Waals surface area contributed by atoms with Crippen LogP contribution in [0.3, 0.4) is 0 Å². The Bertz CT molecular complexity index is 454. The molecule has 106 valence electrons. The summed E-state index contributed by atoms with van der Waals surface area (Å²) in [4.78, 5) is 13.6. The summed E-state index contributed by atoms with van der Waals surface area (Å²) in [6.07, 6.45) is 0. The van der Waals surface area contributed by atoms with E-state index in [1.165, 1.54) is 4.90 Å². The monoisotopic (exact) mass is 271 g/mol. The van der Waals surface area contributed by atoms with Crippen molar-refractivity contribution in [2.24, 2.45) is 11.8 Å². The molecule has 3 N–H and O–H groups in total. The number of hydrazine groups is 1. The number of carbonyl (C=O) groups excluding carboxylic acids is 1. The Morgan fingerprint density at radius 3 is 2.11 bits per heavy atom. The number of carbonyl (C=O) groups is 1. The molecule has 0 bridgehead atoms. The smallest absolute Gasteiger partial charge is 0.254 e. The van der Waals surface area contributed by atoms with Crippen molar-refractivity contribution in [3.05, 3.63) is 29.3 Å². The van der Waals surface area contributed by atoms with Crippen LogP contribution in [0.2, 0.25) is 0 Å². The largest absolute Gasteiger partial charge is 0.339 e. The Kier molecular flexibility index (Phi) is 4.83. The second kappa shape index (κ2) is 5.97. The maximum absolute atomic E-state index is 13.5. The first kappa shape index (κ1) is 15.4. The highest BCUT2D eigenvalue weighted by Gasteiger charge is 2.22. The van der Waals surface area contributed by atoms with Gasteiger partial charge in [-0.25, -0.2) is 8.78 Å². The van der Waals surface area contributed by atoms with E-state index in [1.54, 1.807) is 7.05 Å². The minimum atomic E-state index is -0.892. The fourth-order valence-electron chi connectivity index (χ4n) is 1.67. The van der Waals surface area contributed by atoms with Gasteiger partial charge in [0.2, 0.25) is 0 Å². The van der Waals surface area contributed by atoms with Crippen LogP contribution in [0.15, 0.2) is 12.1 Å². The lowest BCUT2D eigenvalue weighted by molar-refractivity contribution is 0.0706. The Hall–Kier alpha value is -1.69. The lowest BCUT2D eigenvalue weighted by Crippen LogP contribution is -2.38. The van der Waals surface area contributed by atoms with E-state index >= 15 is 0 Å². The number of nitrogens with two attached hydrogens (primary N) is 1. The first-order valence-corrected chi connectivity index (χ1v) is 6.02. The highest BCUT2D eigenvalue weighted by Crippen LogP contribution is 2.21. The van der Waals surface area contributed by atoms with Crippen molar-refractivity contribution in [3.63, 3.8) is 0 Å². The molecule has 0 aliphatic carbocycles. The number of hydrogen-bond donors (Lipinski definition) is 2. The molecule has 0 saturated carbocycles. The van der Waals surface area contributed by atoms with Gasteiger partial charge in [-0.3, -0.25) is 10.6 Å². The fourth-order valence-corrected chi connectivity index (χ4v) is 1.67. The van der Waals surface area contributed by atoms with Gasteiger partial charge in [-0.2, -0.15) is 0 Å². The molecule has 0 spiro atoms. The van der Waals surface area contributed by atoms with Crippen LogP contribution in [-0.4, -0.2) is 23.9 Å². The predicted octanol–water partition coefficient (Wildman–Crippen LogP) is 2.37. The van der Waals surface area contributed by atoms with Gasteiger partial charge in [-0.15, -0.1) is 0 Å². The molecular weight excluding hydrogens is 252 g/mol. The minimum absolute atomic E-state index is 0.0362. The zero-order valence-electron chi connectivity index (χ0n) is 11.5. The summed E-state index contributed by atoms with van der Waals surface area (Å²) in [5.41, 5.74) is 1.44. The molecule has 0 aliphatic rings. The highest BCUT2D eigenvalue weighted by molar-refractivity contribution is 5.94. The molecule has 1 amide bonds. The number of nitrogen functional groups attached to an aromatic ring is 1. The van der Waals surface area contributed by atoms with Crippen LogP contribution in [0.4, 0.5) is 14.5 Å². The first-order valence-electron chi connectivity index (χ1n) is 6.02. The van der Waals surface area contributed by atoms with Crippen molar-refractivity contribution in [2.75, 3.05) is 12.5 Å². The van der Waals surface area contributed by atoms with Gasteiger partial charge in [-0.1, -0.05) is 13.8 Å². The van der Waals surface area contributed by atoms with Gasteiger partial charge in [-0.05, 0) is 25.0 Å². The maximum atomic E-state index is 13.5. The standard InChI is InChI=1S/C13H19F2N3O/c1-7(2)8(3)18(4)13(19)9-5-10(14)12(17-16)11(15)6-9/h5-8,17H,16H2,1-4H3. The van der Waals surface area contributed by atoms with Crippen LogP contribution in [0.25, 0.3) is 0 Å². The zero-order valence-corrected chi connectivity index (χ0v) is 11.5. The normalized spacial score (nSPS) is 12.4. The number of nitrogens with zero attached hydrogens (tertiary/aromatic N) is 1. The SMILES string of the molecule is CC(C)C(C)N(C)C(=O)c1cc(F)c(NN)c(F)c1. The number of halogens is 2. The summed E-state index contributed by atoms with van der Waals surface area (Å²) in [6.45, 7) is 5.82. The molecule has 0 fully saturated rings. The van der Waals surface area contributed by atoms with Crippen LogP contribution in [0, 0.1) is 17.6 Å². The van der Waals surface area contributed by atoms with E-state index in [4.69, 9.17) is 5.84 Å². The minimum Gasteiger partial charge on any atom is -0.339 e. The summed E-state index contributed by atoms with van der Waals surface area (Å²) in [5.74, 6) is 3.03. The highest BCUT2D eigenvalue weighted by atomic mass is 19.1. The summed E-state index contributed by atoms with van der Waals surface area (Å²) < 4.78 is 27.1. The molecule has 0 radical (unpaired) electrons. The van der Waals surface area contributed by atoms with E-state index in [-0.39, 0.29) is 17.5 Å². The summed E-state index contributed by atoms with van der Waals surface area (Å²) in [7, 11) is 1.61. The molecule has 1 unspecified atom stereocenters. The van der Waals surface area contributed by atoms with Gasteiger partial charge >= 0.3 is 0 Å². The molecular formula is C13H19F2N3O. The van der Waals surface area contributed by atoms with Crippen LogP contribution in [-0.2, 0) is 0 Å². The Morgan fingerprint density at radius 2 is 1.74 bits per heavy atom. The number of benzene rings is 1. The van der Waals surface area contributed by atoms with Crippen LogP contribution in [0.1, 0.15) is 31.1 Å². The molecule has 1 aromatic carbocycles. The average molecular weight is 271 g/mol. The molecule has 1 rings (SSSR count). The number of rotatable bonds is 4. The van der Waals surface area contributed by atoms with Gasteiger partial charge in [0.05, 0.1) is 0 Å². The van der Waals surface area contributed by atoms with Crippen LogP contribution < -0.4 is 11.3 Å². The van der Waals surface area contributed by atoms with E-state index < -0.39 is 23.2 Å². The molecule has 0 saturated heterocycles. The molecule has 19 heavy (non-hydrogen) atoms. The average Bonchev–Trinajstić information content (AvgIpc) is 2.35. The second-order valence-corrected chi connectivity index (χ2v) is 4.86. The molecule has 0 aromatic heterocycles. The zero-order chi connectivity index (χ0) is 14.7. The fraction of sp³-hybridized carbons (Fsp3) is 0.462. The van der Waals surface area contributed by atoms with Gasteiger partial charge in [0, 0.05) is 18.7 Å². The van der Waals surface area contributed by atoms with E-state index in [0.29, 0.717) is 0 Å². The van der Waals surface area contributed by atoms with Crippen molar-refractivity contribution >= 4 is 11.6 Å². The van der Waals surface area contributed by atoms with E-state index in [9.17, 15) is 13.6 Å². The van der Waals surface area contributed by atoms with Crippen molar-refractivity contribution in [1.82, 2.24) is 4.90 Å².